The highest BCUT2D eigenvalue weighted by Crippen LogP contribution is 2.36. The quantitative estimate of drug-likeness (QED) is 0.787. The molecule has 1 aromatic carbocycles. The number of phenols is 1. The third-order valence-corrected chi connectivity index (χ3v) is 6.79. The Morgan fingerprint density at radius 3 is 2.71 bits per heavy atom. The van der Waals surface area contributed by atoms with E-state index in [1.165, 1.54) is 5.56 Å². The molecule has 0 bridgehead atoms. The van der Waals surface area contributed by atoms with Crippen LogP contribution in [-0.4, -0.2) is 52.1 Å². The van der Waals surface area contributed by atoms with Gasteiger partial charge in [0.15, 0.2) is 5.82 Å². The van der Waals surface area contributed by atoms with E-state index in [0.29, 0.717) is 23.9 Å². The highest BCUT2D eigenvalue weighted by Gasteiger charge is 2.32. The number of hydrogen-bond acceptors (Lipinski definition) is 5. The van der Waals surface area contributed by atoms with Crippen LogP contribution in [0, 0.1) is 11.8 Å². The standard InChI is InChI=1S/C25H34N4O2/c1-4-28(5-2)25(31)18-9-8-14-29(16-18)24-19-13-12-17(3)15-21(19)26-23(27-24)20-10-6-7-11-22(20)30/h6-7,10-11,17-18,30H,4-5,8-9,12-16H2,1-3H3. The van der Waals surface area contributed by atoms with E-state index < -0.39 is 0 Å². The molecular formula is C25H34N4O2. The van der Waals surface area contributed by atoms with E-state index >= 15 is 0 Å². The van der Waals surface area contributed by atoms with Gasteiger partial charge in [-0.3, -0.25) is 4.79 Å². The van der Waals surface area contributed by atoms with Gasteiger partial charge >= 0.3 is 0 Å². The molecule has 0 radical (unpaired) electrons. The smallest absolute Gasteiger partial charge is 0.227 e. The summed E-state index contributed by atoms with van der Waals surface area (Å²) in [6.45, 7) is 9.47. The Morgan fingerprint density at radius 1 is 1.19 bits per heavy atom. The van der Waals surface area contributed by atoms with E-state index in [1.54, 1.807) is 6.07 Å². The van der Waals surface area contributed by atoms with Crippen LogP contribution in [0.4, 0.5) is 5.82 Å². The zero-order chi connectivity index (χ0) is 22.0. The van der Waals surface area contributed by atoms with Crippen molar-refractivity contribution in [2.24, 2.45) is 11.8 Å². The monoisotopic (exact) mass is 422 g/mol. The second-order valence-electron chi connectivity index (χ2n) is 8.96. The first-order valence-corrected chi connectivity index (χ1v) is 11.7. The van der Waals surface area contributed by atoms with Crippen LogP contribution >= 0.6 is 0 Å². The first kappa shape index (κ1) is 21.6. The number of nitrogens with zero attached hydrogens (tertiary/aromatic N) is 4. The van der Waals surface area contributed by atoms with E-state index in [9.17, 15) is 9.90 Å². The number of aromatic nitrogens is 2. The fourth-order valence-corrected chi connectivity index (χ4v) is 4.97. The lowest BCUT2D eigenvalue weighted by molar-refractivity contribution is -0.135. The first-order valence-electron chi connectivity index (χ1n) is 11.7. The van der Waals surface area contributed by atoms with Gasteiger partial charge in [-0.2, -0.15) is 0 Å². The van der Waals surface area contributed by atoms with Gasteiger partial charge in [-0.05, 0) is 64.0 Å². The number of benzene rings is 1. The van der Waals surface area contributed by atoms with E-state index in [4.69, 9.17) is 9.97 Å². The van der Waals surface area contributed by atoms with Crippen molar-refractivity contribution >= 4 is 11.7 Å². The summed E-state index contributed by atoms with van der Waals surface area (Å²) in [4.78, 5) is 27.1. The molecule has 4 rings (SSSR count). The van der Waals surface area contributed by atoms with Crippen molar-refractivity contribution in [1.82, 2.24) is 14.9 Å². The van der Waals surface area contributed by atoms with Gasteiger partial charge in [-0.15, -0.1) is 0 Å². The van der Waals surface area contributed by atoms with Crippen molar-refractivity contribution in [2.75, 3.05) is 31.1 Å². The average molecular weight is 423 g/mol. The first-order chi connectivity index (χ1) is 15.0. The van der Waals surface area contributed by atoms with E-state index in [2.05, 4.69) is 11.8 Å². The molecule has 1 amide bonds. The van der Waals surface area contributed by atoms with Crippen LogP contribution in [0.5, 0.6) is 5.75 Å². The van der Waals surface area contributed by atoms with Crippen LogP contribution in [-0.2, 0) is 17.6 Å². The van der Waals surface area contributed by atoms with Crippen LogP contribution < -0.4 is 4.90 Å². The maximum absolute atomic E-state index is 13.0. The van der Waals surface area contributed by atoms with Gasteiger partial charge in [0.05, 0.1) is 17.2 Å². The summed E-state index contributed by atoms with van der Waals surface area (Å²) in [5, 5.41) is 10.4. The minimum Gasteiger partial charge on any atom is -0.507 e. The minimum atomic E-state index is 0.00959. The number of piperidine rings is 1. The Balaban J connectivity index is 1.71. The van der Waals surface area contributed by atoms with Gasteiger partial charge in [0, 0.05) is 31.7 Å². The number of fused-ring (bicyclic) bond motifs is 1. The Kier molecular flexibility index (Phi) is 6.44. The van der Waals surface area contributed by atoms with Gasteiger partial charge in [0.25, 0.3) is 0 Å². The molecule has 1 saturated heterocycles. The van der Waals surface area contributed by atoms with Gasteiger partial charge in [0.2, 0.25) is 5.91 Å². The number of carbonyl (C=O) groups excluding carboxylic acids is 1. The molecule has 0 spiro atoms. The molecule has 6 nitrogen and oxygen atoms in total. The molecule has 166 valence electrons. The minimum absolute atomic E-state index is 0.00959. The SMILES string of the molecule is CCN(CC)C(=O)C1CCCN(c2nc(-c3ccccc3O)nc3c2CCC(C)C3)C1. The van der Waals surface area contributed by atoms with Gasteiger partial charge in [-0.1, -0.05) is 19.1 Å². The predicted octanol–water partition coefficient (Wildman–Crippen LogP) is 4.06. The molecule has 1 fully saturated rings. The summed E-state index contributed by atoms with van der Waals surface area (Å²) in [6, 6.07) is 7.27. The molecule has 1 aliphatic heterocycles. The summed E-state index contributed by atoms with van der Waals surface area (Å²) in [5.74, 6) is 2.60. The summed E-state index contributed by atoms with van der Waals surface area (Å²) in [5.41, 5.74) is 2.99. The van der Waals surface area contributed by atoms with E-state index in [-0.39, 0.29) is 17.6 Å². The molecule has 1 aromatic heterocycles. The number of para-hydroxylation sites is 1. The van der Waals surface area contributed by atoms with E-state index in [0.717, 1.165) is 63.3 Å². The van der Waals surface area contributed by atoms with Crippen LogP contribution in [0.1, 0.15) is 51.3 Å². The zero-order valence-electron chi connectivity index (χ0n) is 19.0. The molecule has 1 N–H and O–H groups in total. The largest absolute Gasteiger partial charge is 0.507 e. The molecular weight excluding hydrogens is 388 g/mol. The molecule has 6 heteroatoms. The number of hydrogen-bond donors (Lipinski definition) is 1. The summed E-state index contributed by atoms with van der Waals surface area (Å²) in [7, 11) is 0. The van der Waals surface area contributed by atoms with Crippen LogP contribution in [0.15, 0.2) is 24.3 Å². The second kappa shape index (κ2) is 9.25. The number of carbonyl (C=O) groups is 1. The summed E-state index contributed by atoms with van der Waals surface area (Å²) < 4.78 is 0. The normalized spacial score (nSPS) is 20.9. The summed E-state index contributed by atoms with van der Waals surface area (Å²) >= 11 is 0. The molecule has 2 unspecified atom stereocenters. The van der Waals surface area contributed by atoms with Crippen LogP contribution in [0.25, 0.3) is 11.4 Å². The molecule has 2 atom stereocenters. The fraction of sp³-hybridized carbons (Fsp3) is 0.560. The lowest BCUT2D eigenvalue weighted by Crippen LogP contribution is -2.45. The number of amides is 1. The zero-order valence-corrected chi connectivity index (χ0v) is 19.0. The predicted molar refractivity (Wildman–Crippen MR) is 123 cm³/mol. The maximum atomic E-state index is 13.0. The third kappa shape index (κ3) is 4.39. The van der Waals surface area contributed by atoms with Crippen molar-refractivity contribution in [2.45, 2.75) is 52.9 Å². The van der Waals surface area contributed by atoms with Crippen LogP contribution in [0.3, 0.4) is 0 Å². The number of anilines is 1. The van der Waals surface area contributed by atoms with Crippen molar-refractivity contribution in [3.05, 3.63) is 35.5 Å². The third-order valence-electron chi connectivity index (χ3n) is 6.79. The maximum Gasteiger partial charge on any atom is 0.227 e. The molecule has 31 heavy (non-hydrogen) atoms. The molecule has 0 saturated carbocycles. The number of aromatic hydroxyl groups is 1. The topological polar surface area (TPSA) is 69.6 Å². The lowest BCUT2D eigenvalue weighted by atomic mass is 9.87. The van der Waals surface area contributed by atoms with Gasteiger partial charge in [0.1, 0.15) is 11.6 Å². The Bertz CT molecular complexity index is 941. The van der Waals surface area contributed by atoms with Crippen LogP contribution in [0.2, 0.25) is 0 Å². The Hall–Kier alpha value is -2.63. The van der Waals surface area contributed by atoms with Crippen molar-refractivity contribution in [3.8, 4) is 17.1 Å². The molecule has 2 heterocycles. The highest BCUT2D eigenvalue weighted by atomic mass is 16.3. The van der Waals surface area contributed by atoms with Crippen molar-refractivity contribution in [3.63, 3.8) is 0 Å². The number of phenolic OH excluding ortho intramolecular Hbond substituents is 1. The van der Waals surface area contributed by atoms with Crippen molar-refractivity contribution < 1.29 is 9.90 Å². The molecule has 1 aliphatic carbocycles. The van der Waals surface area contributed by atoms with Gasteiger partial charge in [-0.25, -0.2) is 9.97 Å². The summed E-state index contributed by atoms with van der Waals surface area (Å²) in [6.07, 6.45) is 4.95. The second-order valence-corrected chi connectivity index (χ2v) is 8.96. The number of rotatable bonds is 5. The Labute approximate surface area is 185 Å². The van der Waals surface area contributed by atoms with Crippen molar-refractivity contribution in [1.29, 1.82) is 0 Å². The van der Waals surface area contributed by atoms with E-state index in [1.807, 2.05) is 36.9 Å². The fourth-order valence-electron chi connectivity index (χ4n) is 4.97. The average Bonchev–Trinajstić information content (AvgIpc) is 2.79. The molecule has 2 aliphatic rings. The lowest BCUT2D eigenvalue weighted by Gasteiger charge is -2.37. The molecule has 2 aromatic rings. The van der Waals surface area contributed by atoms with Gasteiger partial charge < -0.3 is 14.9 Å². The Morgan fingerprint density at radius 2 is 1.97 bits per heavy atom. The highest BCUT2D eigenvalue weighted by molar-refractivity contribution is 5.80.